The SMILES string of the molecule is CC1(NC(=O)c2cccc(-n3ccnn3)c2)CCCCC1C(=O)O. The van der Waals surface area contributed by atoms with Gasteiger partial charge < -0.3 is 10.4 Å². The van der Waals surface area contributed by atoms with Gasteiger partial charge in [-0.3, -0.25) is 9.59 Å². The quantitative estimate of drug-likeness (QED) is 0.895. The molecule has 1 fully saturated rings. The topological polar surface area (TPSA) is 97.1 Å². The monoisotopic (exact) mass is 328 g/mol. The summed E-state index contributed by atoms with van der Waals surface area (Å²) in [5.74, 6) is -1.69. The fourth-order valence-corrected chi connectivity index (χ4v) is 3.35. The summed E-state index contributed by atoms with van der Waals surface area (Å²) in [5.41, 5.74) is 0.465. The van der Waals surface area contributed by atoms with Crippen LogP contribution in [0.3, 0.4) is 0 Å². The number of hydrogen-bond acceptors (Lipinski definition) is 4. The van der Waals surface area contributed by atoms with E-state index in [0.29, 0.717) is 18.4 Å². The molecule has 24 heavy (non-hydrogen) atoms. The van der Waals surface area contributed by atoms with E-state index in [9.17, 15) is 14.7 Å². The molecule has 7 heteroatoms. The van der Waals surface area contributed by atoms with Crippen LogP contribution in [-0.4, -0.2) is 37.5 Å². The van der Waals surface area contributed by atoms with Gasteiger partial charge in [0.2, 0.25) is 0 Å². The first-order valence-electron chi connectivity index (χ1n) is 8.02. The molecule has 0 bridgehead atoms. The second-order valence-corrected chi connectivity index (χ2v) is 6.41. The minimum Gasteiger partial charge on any atom is -0.481 e. The standard InChI is InChI=1S/C17H20N4O3/c1-17(8-3-2-7-14(17)16(23)24)19-15(22)12-5-4-6-13(11-12)21-10-9-18-20-21/h4-6,9-11,14H,2-3,7-8H2,1H3,(H,19,22)(H,23,24). The summed E-state index contributed by atoms with van der Waals surface area (Å²) >= 11 is 0. The van der Waals surface area contributed by atoms with Crippen molar-refractivity contribution in [3.8, 4) is 5.69 Å². The first kappa shape index (κ1) is 16.2. The zero-order chi connectivity index (χ0) is 17.2. The molecule has 3 rings (SSSR count). The molecule has 2 unspecified atom stereocenters. The number of aromatic nitrogens is 3. The largest absolute Gasteiger partial charge is 0.481 e. The lowest BCUT2D eigenvalue weighted by atomic mass is 9.73. The normalized spacial score (nSPS) is 23.6. The van der Waals surface area contributed by atoms with E-state index in [4.69, 9.17) is 0 Å². The molecular formula is C17H20N4O3. The summed E-state index contributed by atoms with van der Waals surface area (Å²) in [7, 11) is 0. The summed E-state index contributed by atoms with van der Waals surface area (Å²) in [6.45, 7) is 1.82. The molecule has 7 nitrogen and oxygen atoms in total. The molecule has 0 saturated heterocycles. The van der Waals surface area contributed by atoms with E-state index in [-0.39, 0.29) is 5.91 Å². The molecule has 2 N–H and O–H groups in total. The Morgan fingerprint density at radius 1 is 1.38 bits per heavy atom. The lowest BCUT2D eigenvalue weighted by Crippen LogP contribution is -2.55. The third-order valence-corrected chi connectivity index (χ3v) is 4.70. The number of nitrogens with one attached hydrogen (secondary N) is 1. The number of rotatable bonds is 4. The van der Waals surface area contributed by atoms with Crippen LogP contribution in [0.1, 0.15) is 43.0 Å². The minimum absolute atomic E-state index is 0.271. The predicted molar refractivity (Wildman–Crippen MR) is 86.8 cm³/mol. The van der Waals surface area contributed by atoms with Gasteiger partial charge in [0.15, 0.2) is 0 Å². The smallest absolute Gasteiger partial charge is 0.308 e. The Balaban J connectivity index is 1.82. The molecule has 2 aromatic rings. The number of aliphatic carboxylic acids is 1. The van der Waals surface area contributed by atoms with Crippen LogP contribution in [0.2, 0.25) is 0 Å². The maximum atomic E-state index is 12.7. The van der Waals surface area contributed by atoms with Gasteiger partial charge in [-0.15, -0.1) is 5.10 Å². The van der Waals surface area contributed by atoms with Crippen LogP contribution < -0.4 is 5.32 Å². The lowest BCUT2D eigenvalue weighted by Gasteiger charge is -2.39. The van der Waals surface area contributed by atoms with Crippen molar-refractivity contribution in [3.63, 3.8) is 0 Å². The Morgan fingerprint density at radius 2 is 2.21 bits per heavy atom. The van der Waals surface area contributed by atoms with Gasteiger partial charge in [-0.25, -0.2) is 4.68 Å². The van der Waals surface area contributed by atoms with Crippen LogP contribution in [-0.2, 0) is 4.79 Å². The molecule has 1 saturated carbocycles. The number of carboxylic acid groups (broad SMARTS) is 1. The molecular weight excluding hydrogens is 308 g/mol. The lowest BCUT2D eigenvalue weighted by molar-refractivity contribution is -0.145. The second kappa shape index (κ2) is 6.43. The van der Waals surface area contributed by atoms with Crippen molar-refractivity contribution in [2.24, 2.45) is 5.92 Å². The Morgan fingerprint density at radius 3 is 2.92 bits per heavy atom. The highest BCUT2D eigenvalue weighted by Crippen LogP contribution is 2.34. The van der Waals surface area contributed by atoms with Crippen LogP contribution in [0.25, 0.3) is 5.69 Å². The van der Waals surface area contributed by atoms with Crippen molar-refractivity contribution in [1.82, 2.24) is 20.3 Å². The Hall–Kier alpha value is -2.70. The molecule has 1 aromatic heterocycles. The highest BCUT2D eigenvalue weighted by molar-refractivity contribution is 5.95. The van der Waals surface area contributed by atoms with E-state index >= 15 is 0 Å². The second-order valence-electron chi connectivity index (χ2n) is 6.41. The Labute approximate surface area is 139 Å². The number of benzene rings is 1. The fourth-order valence-electron chi connectivity index (χ4n) is 3.35. The average Bonchev–Trinajstić information content (AvgIpc) is 3.09. The minimum atomic E-state index is -0.853. The number of nitrogens with zero attached hydrogens (tertiary/aromatic N) is 3. The van der Waals surface area contributed by atoms with Crippen molar-refractivity contribution in [2.45, 2.75) is 38.1 Å². The molecule has 1 aromatic carbocycles. The molecule has 0 radical (unpaired) electrons. The van der Waals surface area contributed by atoms with Gasteiger partial charge in [-0.2, -0.15) is 0 Å². The number of carboxylic acids is 1. The summed E-state index contributed by atoms with van der Waals surface area (Å²) in [4.78, 5) is 24.2. The Bertz CT molecular complexity index is 744. The summed E-state index contributed by atoms with van der Waals surface area (Å²) in [6.07, 6.45) is 6.31. The van der Waals surface area contributed by atoms with E-state index in [1.807, 2.05) is 13.0 Å². The molecule has 2 atom stereocenters. The summed E-state index contributed by atoms with van der Waals surface area (Å²) in [6, 6.07) is 7.02. The summed E-state index contributed by atoms with van der Waals surface area (Å²) < 4.78 is 1.57. The first-order chi connectivity index (χ1) is 11.5. The van der Waals surface area contributed by atoms with Gasteiger partial charge in [-0.1, -0.05) is 24.1 Å². The molecule has 0 aliphatic heterocycles. The third-order valence-electron chi connectivity index (χ3n) is 4.70. The zero-order valence-electron chi connectivity index (χ0n) is 13.5. The van der Waals surface area contributed by atoms with Gasteiger partial charge in [0, 0.05) is 5.56 Å². The van der Waals surface area contributed by atoms with Crippen molar-refractivity contribution in [2.75, 3.05) is 0 Å². The molecule has 1 aliphatic rings. The van der Waals surface area contributed by atoms with Crippen LogP contribution in [0.4, 0.5) is 0 Å². The van der Waals surface area contributed by atoms with Crippen molar-refractivity contribution >= 4 is 11.9 Å². The predicted octanol–water partition coefficient (Wildman–Crippen LogP) is 2.03. The molecule has 1 aliphatic carbocycles. The molecule has 0 spiro atoms. The van der Waals surface area contributed by atoms with Crippen molar-refractivity contribution in [1.29, 1.82) is 0 Å². The van der Waals surface area contributed by atoms with E-state index < -0.39 is 17.4 Å². The Kier molecular flexibility index (Phi) is 4.33. The van der Waals surface area contributed by atoms with E-state index in [2.05, 4.69) is 15.6 Å². The fraction of sp³-hybridized carbons (Fsp3) is 0.412. The van der Waals surface area contributed by atoms with E-state index in [1.165, 1.54) is 0 Å². The van der Waals surface area contributed by atoms with Gasteiger partial charge in [-0.05, 0) is 38.0 Å². The van der Waals surface area contributed by atoms with Crippen LogP contribution in [0, 0.1) is 5.92 Å². The van der Waals surface area contributed by atoms with Gasteiger partial charge in [0.05, 0.1) is 29.5 Å². The zero-order valence-corrected chi connectivity index (χ0v) is 13.5. The number of hydrogen-bond donors (Lipinski definition) is 2. The molecule has 126 valence electrons. The summed E-state index contributed by atoms with van der Waals surface area (Å²) in [5, 5.41) is 20.1. The van der Waals surface area contributed by atoms with Gasteiger partial charge in [0.1, 0.15) is 0 Å². The average molecular weight is 328 g/mol. The number of carbonyl (C=O) groups is 2. The van der Waals surface area contributed by atoms with Crippen molar-refractivity contribution in [3.05, 3.63) is 42.2 Å². The van der Waals surface area contributed by atoms with E-state index in [1.54, 1.807) is 35.3 Å². The van der Waals surface area contributed by atoms with Crippen LogP contribution in [0.5, 0.6) is 0 Å². The van der Waals surface area contributed by atoms with Crippen LogP contribution in [0.15, 0.2) is 36.7 Å². The molecule has 1 amide bonds. The maximum Gasteiger partial charge on any atom is 0.308 e. The first-order valence-corrected chi connectivity index (χ1v) is 8.02. The van der Waals surface area contributed by atoms with Gasteiger partial charge in [0.25, 0.3) is 5.91 Å². The third kappa shape index (κ3) is 3.15. The highest BCUT2D eigenvalue weighted by atomic mass is 16.4. The highest BCUT2D eigenvalue weighted by Gasteiger charge is 2.42. The molecule has 1 heterocycles. The maximum absolute atomic E-state index is 12.7. The van der Waals surface area contributed by atoms with E-state index in [0.717, 1.165) is 18.5 Å². The van der Waals surface area contributed by atoms with Gasteiger partial charge >= 0.3 is 5.97 Å². The number of amides is 1. The van der Waals surface area contributed by atoms with Crippen LogP contribution >= 0.6 is 0 Å². The van der Waals surface area contributed by atoms with Crippen molar-refractivity contribution < 1.29 is 14.7 Å². The number of carbonyl (C=O) groups excluding carboxylic acids is 1.